The molecule has 0 aliphatic carbocycles. The highest BCUT2D eigenvalue weighted by Gasteiger charge is 2.18. The highest BCUT2D eigenvalue weighted by atomic mass is 16.5. The Bertz CT molecular complexity index is 1080. The fourth-order valence-corrected chi connectivity index (χ4v) is 3.15. The zero-order chi connectivity index (χ0) is 23.1. The van der Waals surface area contributed by atoms with E-state index in [2.05, 4.69) is 5.32 Å². The Kier molecular flexibility index (Phi) is 7.38. The molecule has 0 fully saturated rings. The second-order valence-corrected chi connectivity index (χ2v) is 6.71. The molecule has 0 atom stereocenters. The molecule has 1 heterocycles. The third kappa shape index (κ3) is 5.21. The molecular formula is C24H25NO7. The minimum atomic E-state index is -0.453. The van der Waals surface area contributed by atoms with Crippen molar-refractivity contribution >= 4 is 17.6 Å². The smallest absolute Gasteiger partial charge is 0.338 e. The molecule has 0 unspecified atom stereocenters. The SMILES string of the molecule is CCOC(=O)c1cccc(NC(=O)c2ccc(Cc3c(OC)cc(OC)cc3OC)o2)c1. The predicted octanol–water partition coefficient (Wildman–Crippen LogP) is 4.33. The second-order valence-electron chi connectivity index (χ2n) is 6.71. The van der Waals surface area contributed by atoms with Gasteiger partial charge in [-0.2, -0.15) is 0 Å². The first kappa shape index (κ1) is 22.7. The lowest BCUT2D eigenvalue weighted by Gasteiger charge is -2.14. The van der Waals surface area contributed by atoms with Crippen LogP contribution in [0.25, 0.3) is 0 Å². The lowest BCUT2D eigenvalue weighted by Crippen LogP contribution is -2.12. The van der Waals surface area contributed by atoms with Gasteiger partial charge >= 0.3 is 5.97 Å². The summed E-state index contributed by atoms with van der Waals surface area (Å²) in [5.74, 6) is 1.56. The highest BCUT2D eigenvalue weighted by molar-refractivity contribution is 6.03. The first-order valence-corrected chi connectivity index (χ1v) is 9.95. The molecule has 0 aliphatic rings. The Morgan fingerprint density at radius 2 is 1.66 bits per heavy atom. The zero-order valence-electron chi connectivity index (χ0n) is 18.4. The van der Waals surface area contributed by atoms with E-state index >= 15 is 0 Å². The molecule has 8 heteroatoms. The predicted molar refractivity (Wildman–Crippen MR) is 118 cm³/mol. The minimum absolute atomic E-state index is 0.132. The van der Waals surface area contributed by atoms with Gasteiger partial charge in [-0.1, -0.05) is 6.07 Å². The molecule has 3 rings (SSSR count). The number of ether oxygens (including phenoxy) is 4. The van der Waals surface area contributed by atoms with Crippen LogP contribution >= 0.6 is 0 Å². The molecule has 168 valence electrons. The number of hydrogen-bond donors (Lipinski definition) is 1. The fraction of sp³-hybridized carbons (Fsp3) is 0.250. The van der Waals surface area contributed by atoms with Crippen molar-refractivity contribution in [1.29, 1.82) is 0 Å². The number of anilines is 1. The summed E-state index contributed by atoms with van der Waals surface area (Å²) in [5, 5.41) is 2.73. The van der Waals surface area contributed by atoms with Crippen LogP contribution in [-0.4, -0.2) is 39.8 Å². The number of methoxy groups -OCH3 is 3. The molecule has 1 N–H and O–H groups in total. The van der Waals surface area contributed by atoms with E-state index in [1.54, 1.807) is 76.8 Å². The molecule has 0 spiro atoms. The number of rotatable bonds is 9. The summed E-state index contributed by atoms with van der Waals surface area (Å²) in [7, 11) is 4.68. The van der Waals surface area contributed by atoms with E-state index < -0.39 is 11.9 Å². The molecule has 0 saturated heterocycles. The topological polar surface area (TPSA) is 96.2 Å². The lowest BCUT2D eigenvalue weighted by molar-refractivity contribution is 0.0526. The summed E-state index contributed by atoms with van der Waals surface area (Å²) in [6, 6.07) is 13.3. The number of amides is 1. The number of benzene rings is 2. The van der Waals surface area contributed by atoms with Gasteiger partial charge in [0.25, 0.3) is 5.91 Å². The Morgan fingerprint density at radius 3 is 2.28 bits per heavy atom. The maximum Gasteiger partial charge on any atom is 0.338 e. The van der Waals surface area contributed by atoms with Crippen molar-refractivity contribution in [2.45, 2.75) is 13.3 Å². The minimum Gasteiger partial charge on any atom is -0.496 e. The van der Waals surface area contributed by atoms with E-state index in [1.807, 2.05) is 0 Å². The van der Waals surface area contributed by atoms with Gasteiger partial charge in [0, 0.05) is 29.8 Å². The van der Waals surface area contributed by atoms with E-state index in [9.17, 15) is 9.59 Å². The van der Waals surface area contributed by atoms with Gasteiger partial charge in [0.15, 0.2) is 5.76 Å². The maximum absolute atomic E-state index is 12.6. The van der Waals surface area contributed by atoms with Crippen LogP contribution in [0, 0.1) is 0 Å². The third-order valence-corrected chi connectivity index (χ3v) is 4.69. The molecule has 32 heavy (non-hydrogen) atoms. The van der Waals surface area contributed by atoms with E-state index in [-0.39, 0.29) is 12.4 Å². The van der Waals surface area contributed by atoms with E-state index in [4.69, 9.17) is 23.4 Å². The van der Waals surface area contributed by atoms with Crippen LogP contribution in [0.2, 0.25) is 0 Å². The Labute approximate surface area is 186 Å². The number of esters is 1. The van der Waals surface area contributed by atoms with Crippen molar-refractivity contribution in [3.8, 4) is 17.2 Å². The van der Waals surface area contributed by atoms with E-state index in [0.29, 0.717) is 40.7 Å². The molecular weight excluding hydrogens is 414 g/mol. The molecule has 8 nitrogen and oxygen atoms in total. The molecule has 1 amide bonds. The van der Waals surface area contributed by atoms with Gasteiger partial charge in [0.05, 0.1) is 33.5 Å². The summed E-state index contributed by atoms with van der Waals surface area (Å²) >= 11 is 0. The molecule has 0 saturated carbocycles. The van der Waals surface area contributed by atoms with Crippen molar-refractivity contribution in [1.82, 2.24) is 0 Å². The normalized spacial score (nSPS) is 10.4. The summed E-state index contributed by atoms with van der Waals surface area (Å²) in [5.41, 5.74) is 1.57. The van der Waals surface area contributed by atoms with Crippen LogP contribution in [-0.2, 0) is 11.2 Å². The van der Waals surface area contributed by atoms with Crippen molar-refractivity contribution < 1.29 is 33.0 Å². The van der Waals surface area contributed by atoms with Gasteiger partial charge < -0.3 is 28.7 Å². The largest absolute Gasteiger partial charge is 0.496 e. The highest BCUT2D eigenvalue weighted by Crippen LogP contribution is 2.35. The molecule has 2 aromatic carbocycles. The molecule has 1 aromatic heterocycles. The number of furan rings is 1. The fourth-order valence-electron chi connectivity index (χ4n) is 3.15. The van der Waals surface area contributed by atoms with E-state index in [1.165, 1.54) is 0 Å². The van der Waals surface area contributed by atoms with Crippen molar-refractivity contribution in [3.05, 3.63) is 71.2 Å². The number of hydrogen-bond acceptors (Lipinski definition) is 7. The average molecular weight is 439 g/mol. The third-order valence-electron chi connectivity index (χ3n) is 4.69. The molecule has 3 aromatic rings. The van der Waals surface area contributed by atoms with Crippen LogP contribution in [0.4, 0.5) is 5.69 Å². The van der Waals surface area contributed by atoms with Crippen molar-refractivity contribution in [2.75, 3.05) is 33.3 Å². The molecule has 0 radical (unpaired) electrons. The van der Waals surface area contributed by atoms with Crippen LogP contribution < -0.4 is 19.5 Å². The first-order chi connectivity index (χ1) is 15.5. The zero-order valence-corrected chi connectivity index (χ0v) is 18.4. The Hall–Kier alpha value is -3.94. The maximum atomic E-state index is 12.6. The van der Waals surface area contributed by atoms with Crippen LogP contribution in [0.5, 0.6) is 17.2 Å². The monoisotopic (exact) mass is 439 g/mol. The molecule has 0 aliphatic heterocycles. The number of carbonyl (C=O) groups excluding carboxylic acids is 2. The Balaban J connectivity index is 1.76. The lowest BCUT2D eigenvalue weighted by atomic mass is 10.1. The summed E-state index contributed by atoms with van der Waals surface area (Å²) in [6.45, 7) is 2.00. The first-order valence-electron chi connectivity index (χ1n) is 9.95. The van der Waals surface area contributed by atoms with Crippen LogP contribution in [0.3, 0.4) is 0 Å². The van der Waals surface area contributed by atoms with Gasteiger partial charge in [-0.05, 0) is 37.3 Å². The van der Waals surface area contributed by atoms with Gasteiger partial charge in [0.2, 0.25) is 0 Å². The quantitative estimate of drug-likeness (QED) is 0.496. The molecule has 0 bridgehead atoms. The second kappa shape index (κ2) is 10.4. The van der Waals surface area contributed by atoms with Crippen LogP contribution in [0.15, 0.2) is 52.9 Å². The van der Waals surface area contributed by atoms with Crippen LogP contribution in [0.1, 0.15) is 39.2 Å². The van der Waals surface area contributed by atoms with E-state index in [0.717, 1.165) is 5.56 Å². The van der Waals surface area contributed by atoms with Crippen molar-refractivity contribution in [2.24, 2.45) is 0 Å². The number of nitrogens with one attached hydrogen (secondary N) is 1. The average Bonchev–Trinajstić information content (AvgIpc) is 3.28. The standard InChI is InChI=1S/C24H25NO7/c1-5-31-24(27)15-7-6-8-16(11-15)25-23(26)20-10-9-17(32-20)12-19-21(29-3)13-18(28-2)14-22(19)30-4/h6-11,13-14H,5,12H2,1-4H3,(H,25,26). The van der Waals surface area contributed by atoms with Gasteiger partial charge in [0.1, 0.15) is 23.0 Å². The summed E-state index contributed by atoms with van der Waals surface area (Å²) in [4.78, 5) is 24.5. The van der Waals surface area contributed by atoms with Gasteiger partial charge in [-0.3, -0.25) is 4.79 Å². The Morgan fingerprint density at radius 1 is 0.938 bits per heavy atom. The number of carbonyl (C=O) groups is 2. The van der Waals surface area contributed by atoms with Crippen molar-refractivity contribution in [3.63, 3.8) is 0 Å². The summed E-state index contributed by atoms with van der Waals surface area (Å²) in [6.07, 6.45) is 0.349. The van der Waals surface area contributed by atoms with Gasteiger partial charge in [-0.15, -0.1) is 0 Å². The van der Waals surface area contributed by atoms with Gasteiger partial charge in [-0.25, -0.2) is 4.79 Å². The summed E-state index contributed by atoms with van der Waals surface area (Å²) < 4.78 is 26.9.